The highest BCUT2D eigenvalue weighted by atomic mass is 35.5. The quantitative estimate of drug-likeness (QED) is 0.575. The topological polar surface area (TPSA) is 95.5 Å². The first-order valence-corrected chi connectivity index (χ1v) is 10.0. The van der Waals surface area contributed by atoms with Gasteiger partial charge >= 0.3 is 5.97 Å². The molecular formula is C20H19ClN2O4S. The van der Waals surface area contributed by atoms with Crippen molar-refractivity contribution in [2.75, 3.05) is 10.6 Å². The lowest BCUT2D eigenvalue weighted by molar-refractivity contribution is -0.117. The maximum absolute atomic E-state index is 12.5. The monoisotopic (exact) mass is 418 g/mol. The van der Waals surface area contributed by atoms with E-state index in [9.17, 15) is 14.4 Å². The van der Waals surface area contributed by atoms with Gasteiger partial charge in [-0.25, -0.2) is 4.79 Å². The number of hydrogen-bond donors (Lipinski definition) is 3. The van der Waals surface area contributed by atoms with Crippen LogP contribution in [0.4, 0.5) is 11.4 Å². The van der Waals surface area contributed by atoms with E-state index >= 15 is 0 Å². The number of rotatable bonds is 7. The summed E-state index contributed by atoms with van der Waals surface area (Å²) < 4.78 is 0. The van der Waals surface area contributed by atoms with Gasteiger partial charge in [0.25, 0.3) is 0 Å². The molecule has 3 N–H and O–H groups in total. The van der Waals surface area contributed by atoms with Gasteiger partial charge in [0.05, 0.1) is 21.5 Å². The van der Waals surface area contributed by atoms with Crippen LogP contribution in [-0.2, 0) is 9.59 Å². The van der Waals surface area contributed by atoms with Gasteiger partial charge < -0.3 is 15.7 Å². The summed E-state index contributed by atoms with van der Waals surface area (Å²) in [6.45, 7) is 1.74. The maximum atomic E-state index is 12.5. The minimum Gasteiger partial charge on any atom is -0.478 e. The molecule has 8 heteroatoms. The third kappa shape index (κ3) is 5.27. The molecule has 0 aliphatic heterocycles. The molecule has 146 valence electrons. The van der Waals surface area contributed by atoms with E-state index in [4.69, 9.17) is 16.7 Å². The predicted octanol–water partition coefficient (Wildman–Crippen LogP) is 4.51. The minimum absolute atomic E-state index is 0.0286. The number of carbonyl (C=O) groups excluding carboxylic acids is 2. The molecule has 1 saturated carbocycles. The Morgan fingerprint density at radius 1 is 1.14 bits per heavy atom. The third-order valence-electron chi connectivity index (χ3n) is 4.20. The molecular weight excluding hydrogens is 400 g/mol. The highest BCUT2D eigenvalue weighted by Crippen LogP contribution is 2.32. The smallest absolute Gasteiger partial charge is 0.335 e. The van der Waals surface area contributed by atoms with E-state index in [2.05, 4.69) is 10.6 Å². The van der Waals surface area contributed by atoms with E-state index in [1.54, 1.807) is 6.92 Å². The summed E-state index contributed by atoms with van der Waals surface area (Å²) in [6.07, 6.45) is 1.87. The SMILES string of the molecule is CC(Sc1cccc(NC(=O)C2CC2)c1)C(=O)Nc1cc(C(=O)O)ccc1Cl. The minimum atomic E-state index is -1.10. The Morgan fingerprint density at radius 2 is 1.89 bits per heavy atom. The molecule has 28 heavy (non-hydrogen) atoms. The van der Waals surface area contributed by atoms with E-state index in [0.717, 1.165) is 17.7 Å². The number of amides is 2. The van der Waals surface area contributed by atoms with Crippen molar-refractivity contribution in [3.8, 4) is 0 Å². The number of hydrogen-bond acceptors (Lipinski definition) is 4. The lowest BCUT2D eigenvalue weighted by Gasteiger charge is -2.14. The van der Waals surface area contributed by atoms with Crippen molar-refractivity contribution in [3.63, 3.8) is 0 Å². The molecule has 1 aliphatic rings. The fraction of sp³-hybridized carbons (Fsp3) is 0.250. The van der Waals surface area contributed by atoms with Crippen LogP contribution in [0, 0.1) is 5.92 Å². The van der Waals surface area contributed by atoms with Gasteiger partial charge in [0.2, 0.25) is 11.8 Å². The Balaban J connectivity index is 1.63. The second-order valence-corrected chi connectivity index (χ2v) is 8.36. The Hall–Kier alpha value is -2.51. The average molecular weight is 419 g/mol. The number of carboxylic acid groups (broad SMARTS) is 1. The number of carboxylic acids is 1. The molecule has 2 aromatic carbocycles. The number of benzene rings is 2. The van der Waals surface area contributed by atoms with Gasteiger partial charge in [-0.05, 0) is 56.2 Å². The fourth-order valence-electron chi connectivity index (χ4n) is 2.48. The van der Waals surface area contributed by atoms with Gasteiger partial charge in [-0.3, -0.25) is 9.59 Å². The van der Waals surface area contributed by atoms with Gasteiger partial charge in [-0.15, -0.1) is 11.8 Å². The van der Waals surface area contributed by atoms with E-state index < -0.39 is 11.2 Å². The molecule has 1 unspecified atom stereocenters. The van der Waals surface area contributed by atoms with Gasteiger partial charge in [0.15, 0.2) is 0 Å². The fourth-order valence-corrected chi connectivity index (χ4v) is 3.57. The van der Waals surface area contributed by atoms with Crippen molar-refractivity contribution >= 4 is 52.5 Å². The van der Waals surface area contributed by atoms with Crippen LogP contribution < -0.4 is 10.6 Å². The molecule has 0 heterocycles. The molecule has 0 spiro atoms. The number of thioether (sulfide) groups is 1. The van der Waals surface area contributed by atoms with Gasteiger partial charge in [-0.1, -0.05) is 17.7 Å². The molecule has 0 radical (unpaired) electrons. The number of carbonyl (C=O) groups is 3. The first kappa shape index (κ1) is 20.2. The molecule has 0 aromatic heterocycles. The highest BCUT2D eigenvalue weighted by molar-refractivity contribution is 8.00. The Morgan fingerprint density at radius 3 is 2.57 bits per heavy atom. The molecule has 3 rings (SSSR count). The number of nitrogens with one attached hydrogen (secondary N) is 2. The number of anilines is 2. The van der Waals surface area contributed by atoms with Gasteiger partial charge in [0.1, 0.15) is 0 Å². The van der Waals surface area contributed by atoms with Crippen LogP contribution >= 0.6 is 23.4 Å². The zero-order valence-electron chi connectivity index (χ0n) is 15.1. The zero-order valence-corrected chi connectivity index (χ0v) is 16.6. The van der Waals surface area contributed by atoms with Crippen molar-refractivity contribution in [1.29, 1.82) is 0 Å². The van der Waals surface area contributed by atoms with E-state index in [1.807, 2.05) is 24.3 Å². The number of aromatic carboxylic acids is 1. The van der Waals surface area contributed by atoms with Crippen molar-refractivity contribution < 1.29 is 19.5 Å². The Bertz CT molecular complexity index is 930. The van der Waals surface area contributed by atoms with Crippen molar-refractivity contribution in [3.05, 3.63) is 53.1 Å². The summed E-state index contributed by atoms with van der Waals surface area (Å²) in [6, 6.07) is 11.5. The molecule has 6 nitrogen and oxygen atoms in total. The van der Waals surface area contributed by atoms with Crippen molar-refractivity contribution in [2.24, 2.45) is 5.92 Å². The molecule has 1 fully saturated rings. The standard InChI is InChI=1S/C20H19ClN2O4S/c1-11(18(24)23-17-9-13(20(26)27)7-8-16(17)21)28-15-4-2-3-14(10-15)22-19(25)12-5-6-12/h2-4,7-12H,5-6H2,1H3,(H,22,25)(H,23,24)(H,26,27). The molecule has 0 bridgehead atoms. The third-order valence-corrected chi connectivity index (χ3v) is 5.63. The van der Waals surface area contributed by atoms with E-state index in [1.165, 1.54) is 30.0 Å². The molecule has 2 amide bonds. The van der Waals surface area contributed by atoms with Gasteiger partial charge in [0, 0.05) is 16.5 Å². The maximum Gasteiger partial charge on any atom is 0.335 e. The lowest BCUT2D eigenvalue weighted by Crippen LogP contribution is -2.22. The molecule has 0 saturated heterocycles. The van der Waals surface area contributed by atoms with Crippen LogP contribution in [0.5, 0.6) is 0 Å². The average Bonchev–Trinajstić information content (AvgIpc) is 3.48. The van der Waals surface area contributed by atoms with Crippen LogP contribution in [0.2, 0.25) is 5.02 Å². The van der Waals surface area contributed by atoms with E-state index in [-0.39, 0.29) is 34.0 Å². The number of halogens is 1. The summed E-state index contributed by atoms with van der Waals surface area (Å²) in [7, 11) is 0. The molecule has 1 atom stereocenters. The summed E-state index contributed by atoms with van der Waals surface area (Å²) in [5.41, 5.74) is 0.996. The summed E-state index contributed by atoms with van der Waals surface area (Å²) >= 11 is 7.38. The van der Waals surface area contributed by atoms with Crippen LogP contribution in [0.25, 0.3) is 0 Å². The molecule has 1 aliphatic carbocycles. The normalized spacial score (nSPS) is 14.2. The summed E-state index contributed by atoms with van der Waals surface area (Å²) in [5, 5.41) is 14.4. The van der Waals surface area contributed by atoms with Crippen LogP contribution in [-0.4, -0.2) is 28.1 Å². The van der Waals surface area contributed by atoms with Crippen LogP contribution in [0.15, 0.2) is 47.4 Å². The van der Waals surface area contributed by atoms with Crippen molar-refractivity contribution in [2.45, 2.75) is 29.9 Å². The Kier molecular flexibility index (Phi) is 6.26. The summed E-state index contributed by atoms with van der Waals surface area (Å²) in [4.78, 5) is 36.3. The van der Waals surface area contributed by atoms with Crippen LogP contribution in [0.3, 0.4) is 0 Å². The van der Waals surface area contributed by atoms with Gasteiger partial charge in [-0.2, -0.15) is 0 Å². The highest BCUT2D eigenvalue weighted by Gasteiger charge is 2.29. The zero-order chi connectivity index (χ0) is 20.3. The largest absolute Gasteiger partial charge is 0.478 e. The first-order chi connectivity index (χ1) is 13.3. The predicted molar refractivity (Wildman–Crippen MR) is 110 cm³/mol. The second kappa shape index (κ2) is 8.67. The second-order valence-electron chi connectivity index (χ2n) is 6.54. The lowest BCUT2D eigenvalue weighted by atomic mass is 10.2. The summed E-state index contributed by atoms with van der Waals surface area (Å²) in [5.74, 6) is -1.25. The first-order valence-electron chi connectivity index (χ1n) is 8.75. The molecule has 2 aromatic rings. The van der Waals surface area contributed by atoms with Crippen molar-refractivity contribution in [1.82, 2.24) is 0 Å². The Labute approximate surface area is 171 Å². The van der Waals surface area contributed by atoms with E-state index in [0.29, 0.717) is 5.69 Å². The van der Waals surface area contributed by atoms with Crippen LogP contribution in [0.1, 0.15) is 30.1 Å².